The van der Waals surface area contributed by atoms with E-state index in [1.807, 2.05) is 0 Å². The van der Waals surface area contributed by atoms with Gasteiger partial charge in [-0.1, -0.05) is 0 Å². The Morgan fingerprint density at radius 3 is 2.11 bits per heavy atom. The van der Waals surface area contributed by atoms with Crippen LogP contribution in [0.1, 0.15) is 6.92 Å². The Balaban J connectivity index is 2.70. The van der Waals surface area contributed by atoms with Crippen molar-refractivity contribution in [3.63, 3.8) is 0 Å². The van der Waals surface area contributed by atoms with Crippen molar-refractivity contribution >= 4 is 0 Å². The lowest BCUT2D eigenvalue weighted by atomic mass is 10.6. The summed E-state index contributed by atoms with van der Waals surface area (Å²) in [5, 5.41) is 17.0. The first kappa shape index (κ1) is 6.18. The Labute approximate surface area is 51.3 Å². The summed E-state index contributed by atoms with van der Waals surface area (Å²) in [6, 6.07) is 0. The quantitative estimate of drug-likeness (QED) is 0.360. The first-order chi connectivity index (χ1) is 4.01. The van der Waals surface area contributed by atoms with E-state index in [0.29, 0.717) is 0 Å². The molecule has 0 amide bonds. The molecule has 0 unspecified atom stereocenters. The maximum Gasteiger partial charge on any atom is 0.505 e. The second kappa shape index (κ2) is 1.52. The monoisotopic (exact) mass is 133 g/mol. The van der Waals surface area contributed by atoms with Crippen LogP contribution in [0.2, 0.25) is 0 Å². The summed E-state index contributed by atoms with van der Waals surface area (Å²) >= 11 is 0. The van der Waals surface area contributed by atoms with Crippen LogP contribution in [0.15, 0.2) is 11.6 Å². The Morgan fingerprint density at radius 2 is 2.00 bits per heavy atom. The summed E-state index contributed by atoms with van der Waals surface area (Å²) in [6.07, 6.45) is -2.56. The van der Waals surface area contributed by atoms with E-state index in [1.165, 1.54) is 6.92 Å². The average molecular weight is 133 g/mol. The molecule has 0 fully saturated rings. The third kappa shape index (κ3) is 1.06. The van der Waals surface area contributed by atoms with Gasteiger partial charge in [0.15, 0.2) is 5.76 Å². The fourth-order valence-corrected chi connectivity index (χ4v) is 0.486. The van der Waals surface area contributed by atoms with Gasteiger partial charge in [0.25, 0.3) is 0 Å². The molecule has 0 atom stereocenters. The second-order valence-corrected chi connectivity index (χ2v) is 1.67. The summed E-state index contributed by atoms with van der Waals surface area (Å²) < 4.78 is 8.51. The first-order valence-electron chi connectivity index (χ1n) is 2.30. The maximum atomic E-state index is 8.52. The van der Waals surface area contributed by atoms with E-state index in [2.05, 4.69) is 9.47 Å². The third-order valence-electron chi connectivity index (χ3n) is 0.876. The first-order valence-corrected chi connectivity index (χ1v) is 2.30. The smallest absolute Gasteiger partial charge is 0.406 e. The normalized spacial score (nSPS) is 23.4. The summed E-state index contributed by atoms with van der Waals surface area (Å²) in [7, 11) is 0. The zero-order valence-electron chi connectivity index (χ0n) is 4.79. The molecule has 0 aromatic rings. The van der Waals surface area contributed by atoms with Crippen LogP contribution in [0, 0.1) is 0 Å². The predicted molar refractivity (Wildman–Crippen MR) is 26.2 cm³/mol. The van der Waals surface area contributed by atoms with Gasteiger partial charge in [-0.2, -0.15) is 0 Å². The minimum absolute atomic E-state index is 0.111. The van der Waals surface area contributed by atoms with E-state index in [9.17, 15) is 0 Å². The largest absolute Gasteiger partial charge is 0.505 e. The average Bonchev–Trinajstić information content (AvgIpc) is 1.79. The summed E-state index contributed by atoms with van der Waals surface area (Å²) in [5.41, 5.74) is 5.07. The van der Waals surface area contributed by atoms with E-state index in [4.69, 9.17) is 15.9 Å². The van der Waals surface area contributed by atoms with E-state index in [-0.39, 0.29) is 11.6 Å². The highest BCUT2D eigenvalue weighted by molar-refractivity contribution is 4.97. The molecule has 5 nitrogen and oxygen atoms in total. The van der Waals surface area contributed by atoms with Gasteiger partial charge >= 0.3 is 6.16 Å². The molecule has 1 rings (SSSR count). The molecule has 9 heavy (non-hydrogen) atoms. The van der Waals surface area contributed by atoms with Crippen LogP contribution >= 0.6 is 0 Å². The van der Waals surface area contributed by atoms with Gasteiger partial charge in [-0.25, -0.2) is 0 Å². The van der Waals surface area contributed by atoms with Crippen LogP contribution in [0.25, 0.3) is 0 Å². The summed E-state index contributed by atoms with van der Waals surface area (Å²) in [6.45, 7) is 1.46. The van der Waals surface area contributed by atoms with Gasteiger partial charge in [0.2, 0.25) is 5.88 Å². The van der Waals surface area contributed by atoms with Crippen molar-refractivity contribution in [1.82, 2.24) is 0 Å². The van der Waals surface area contributed by atoms with Crippen LogP contribution in [0.5, 0.6) is 0 Å². The predicted octanol–water partition coefficient (Wildman–Crippen LogP) is -1.22. The molecule has 1 aliphatic rings. The standard InChI is InChI=1S/C4H7NO4/c1-2-3(5)9-4(6,7)8-2/h6-7H,5H2,1H3. The lowest BCUT2D eigenvalue weighted by molar-refractivity contribution is -0.426. The molecule has 0 saturated heterocycles. The molecule has 52 valence electrons. The highest BCUT2D eigenvalue weighted by Gasteiger charge is 2.36. The van der Waals surface area contributed by atoms with Crippen LogP contribution in [0.4, 0.5) is 0 Å². The maximum absolute atomic E-state index is 8.52. The van der Waals surface area contributed by atoms with Crippen molar-refractivity contribution in [3.8, 4) is 0 Å². The van der Waals surface area contributed by atoms with Crippen molar-refractivity contribution in [1.29, 1.82) is 0 Å². The molecule has 4 N–H and O–H groups in total. The molecule has 1 aliphatic heterocycles. The molecule has 0 radical (unpaired) electrons. The van der Waals surface area contributed by atoms with E-state index < -0.39 is 6.16 Å². The molecular weight excluding hydrogens is 126 g/mol. The topological polar surface area (TPSA) is 84.9 Å². The van der Waals surface area contributed by atoms with Gasteiger partial charge in [-0.15, -0.1) is 0 Å². The fraction of sp³-hybridized carbons (Fsp3) is 0.500. The Morgan fingerprint density at radius 1 is 1.44 bits per heavy atom. The molecule has 0 saturated carbocycles. The number of aliphatic hydroxyl groups is 2. The van der Waals surface area contributed by atoms with Crippen molar-refractivity contribution in [2.75, 3.05) is 0 Å². The summed E-state index contributed by atoms with van der Waals surface area (Å²) in [5.74, 6) is 0.0556. The van der Waals surface area contributed by atoms with Crippen molar-refractivity contribution in [2.45, 2.75) is 13.1 Å². The number of nitrogens with two attached hydrogens (primary N) is 1. The van der Waals surface area contributed by atoms with Crippen molar-refractivity contribution in [3.05, 3.63) is 11.6 Å². The van der Waals surface area contributed by atoms with Crippen LogP contribution in [-0.4, -0.2) is 16.4 Å². The number of allylic oxidation sites excluding steroid dienone is 1. The van der Waals surface area contributed by atoms with Crippen molar-refractivity contribution < 1.29 is 19.7 Å². The lowest BCUT2D eigenvalue weighted by Gasteiger charge is -2.11. The molecule has 0 spiro atoms. The lowest BCUT2D eigenvalue weighted by Crippen LogP contribution is -2.29. The van der Waals surface area contributed by atoms with E-state index >= 15 is 0 Å². The molecular formula is C4H7NO4. The van der Waals surface area contributed by atoms with Gasteiger partial charge in [0.05, 0.1) is 0 Å². The highest BCUT2D eigenvalue weighted by atomic mass is 17.0. The number of hydrogen-bond donors (Lipinski definition) is 3. The number of hydrogen-bond acceptors (Lipinski definition) is 5. The SMILES string of the molecule is CC1=C(N)OC(O)(O)O1. The van der Waals surface area contributed by atoms with E-state index in [1.54, 1.807) is 0 Å². The Kier molecular flexibility index (Phi) is 1.04. The van der Waals surface area contributed by atoms with Gasteiger partial charge in [-0.05, 0) is 6.92 Å². The molecule has 5 heteroatoms. The minimum Gasteiger partial charge on any atom is -0.406 e. The number of ether oxygens (including phenoxy) is 2. The highest BCUT2D eigenvalue weighted by Crippen LogP contribution is 2.22. The van der Waals surface area contributed by atoms with Gasteiger partial charge in [0, 0.05) is 0 Å². The zero-order valence-corrected chi connectivity index (χ0v) is 4.79. The van der Waals surface area contributed by atoms with Gasteiger partial charge in [0.1, 0.15) is 0 Å². The molecule has 0 bridgehead atoms. The Bertz CT molecular complexity index is 146. The molecule has 0 aromatic carbocycles. The van der Waals surface area contributed by atoms with Crippen LogP contribution in [-0.2, 0) is 9.47 Å². The Hall–Kier alpha value is -0.940. The molecule has 0 aliphatic carbocycles. The fourth-order valence-electron chi connectivity index (χ4n) is 0.486. The van der Waals surface area contributed by atoms with Gasteiger partial charge < -0.3 is 15.2 Å². The second-order valence-electron chi connectivity index (χ2n) is 1.67. The number of rotatable bonds is 0. The summed E-state index contributed by atoms with van der Waals surface area (Å²) in [4.78, 5) is 0. The van der Waals surface area contributed by atoms with Crippen LogP contribution in [0.3, 0.4) is 0 Å². The minimum atomic E-state index is -2.56. The van der Waals surface area contributed by atoms with Crippen LogP contribution < -0.4 is 5.73 Å². The molecule has 1 heterocycles. The molecule has 0 aromatic heterocycles. The van der Waals surface area contributed by atoms with Crippen molar-refractivity contribution in [2.24, 2.45) is 5.73 Å². The van der Waals surface area contributed by atoms with Gasteiger partial charge in [-0.3, -0.25) is 10.2 Å². The zero-order chi connectivity index (χ0) is 7.07. The van der Waals surface area contributed by atoms with E-state index in [0.717, 1.165) is 0 Å². The third-order valence-corrected chi connectivity index (χ3v) is 0.876.